The number of benzene rings is 2. The second kappa shape index (κ2) is 6.83. The molecule has 2 heterocycles. The molecule has 4 rings (SSSR count). The zero-order valence-corrected chi connectivity index (χ0v) is 14.6. The van der Waals surface area contributed by atoms with Gasteiger partial charge >= 0.3 is 6.01 Å². The molecule has 0 saturated heterocycles. The van der Waals surface area contributed by atoms with E-state index in [-0.39, 0.29) is 17.7 Å². The lowest BCUT2D eigenvalue weighted by atomic mass is 10.2. The number of nitrogens with one attached hydrogen (secondary N) is 1. The first-order chi connectivity index (χ1) is 13.2. The van der Waals surface area contributed by atoms with Crippen LogP contribution in [0.1, 0.15) is 10.6 Å². The third-order valence-electron chi connectivity index (χ3n) is 3.91. The molecule has 0 bridgehead atoms. The van der Waals surface area contributed by atoms with Gasteiger partial charge in [0.25, 0.3) is 5.91 Å². The number of para-hydroxylation sites is 1. The quantitative estimate of drug-likeness (QED) is 0.575. The van der Waals surface area contributed by atoms with Crippen LogP contribution in [0.3, 0.4) is 0 Å². The third kappa shape index (κ3) is 3.20. The number of aromatic nitrogens is 2. The van der Waals surface area contributed by atoms with Gasteiger partial charge in [-0.25, -0.2) is 0 Å². The van der Waals surface area contributed by atoms with Gasteiger partial charge in [0.05, 0.1) is 14.2 Å². The lowest BCUT2D eigenvalue weighted by molar-refractivity contribution is 0.0995. The number of carbonyl (C=O) groups is 1. The molecule has 4 aromatic rings. The molecule has 1 N–H and O–H groups in total. The van der Waals surface area contributed by atoms with Crippen molar-refractivity contribution in [2.45, 2.75) is 0 Å². The predicted molar refractivity (Wildman–Crippen MR) is 97.0 cm³/mol. The van der Waals surface area contributed by atoms with Crippen molar-refractivity contribution in [2.75, 3.05) is 19.5 Å². The van der Waals surface area contributed by atoms with Gasteiger partial charge in [0.15, 0.2) is 17.1 Å². The van der Waals surface area contributed by atoms with E-state index in [1.54, 1.807) is 43.5 Å². The molecule has 8 nitrogen and oxygen atoms in total. The maximum atomic E-state index is 12.4. The summed E-state index contributed by atoms with van der Waals surface area (Å²) in [6.45, 7) is 0. The van der Waals surface area contributed by atoms with Gasteiger partial charge < -0.3 is 18.3 Å². The van der Waals surface area contributed by atoms with Gasteiger partial charge in [-0.05, 0) is 30.3 Å². The van der Waals surface area contributed by atoms with Crippen LogP contribution in [0.5, 0.6) is 11.5 Å². The van der Waals surface area contributed by atoms with Gasteiger partial charge in [0, 0.05) is 10.9 Å². The molecule has 136 valence electrons. The van der Waals surface area contributed by atoms with Crippen molar-refractivity contribution in [1.29, 1.82) is 0 Å². The minimum atomic E-state index is -0.505. The van der Waals surface area contributed by atoms with Crippen molar-refractivity contribution in [1.82, 2.24) is 10.2 Å². The lowest BCUT2D eigenvalue weighted by Gasteiger charge is -2.00. The summed E-state index contributed by atoms with van der Waals surface area (Å²) in [5.74, 6) is 1.07. The Morgan fingerprint density at radius 1 is 1.00 bits per heavy atom. The molecule has 0 radical (unpaired) electrons. The molecule has 27 heavy (non-hydrogen) atoms. The van der Waals surface area contributed by atoms with Gasteiger partial charge in [0.2, 0.25) is 5.89 Å². The smallest absolute Gasteiger partial charge is 0.322 e. The van der Waals surface area contributed by atoms with E-state index >= 15 is 0 Å². The maximum absolute atomic E-state index is 12.4. The first-order valence-corrected chi connectivity index (χ1v) is 8.04. The average Bonchev–Trinajstić information content (AvgIpc) is 3.34. The van der Waals surface area contributed by atoms with E-state index in [0.29, 0.717) is 22.6 Å². The molecule has 8 heteroatoms. The summed E-state index contributed by atoms with van der Waals surface area (Å²) in [6, 6.07) is 14.1. The topological polar surface area (TPSA) is 99.6 Å². The van der Waals surface area contributed by atoms with Crippen molar-refractivity contribution in [3.8, 4) is 23.0 Å². The fourth-order valence-electron chi connectivity index (χ4n) is 2.61. The molecule has 0 unspecified atom stereocenters. The molecule has 2 aromatic carbocycles. The number of amides is 1. The number of anilines is 1. The second-order valence-electron chi connectivity index (χ2n) is 5.59. The highest BCUT2D eigenvalue weighted by Crippen LogP contribution is 2.29. The maximum Gasteiger partial charge on any atom is 0.322 e. The molecule has 0 aliphatic heterocycles. The molecule has 0 spiro atoms. The van der Waals surface area contributed by atoms with E-state index in [4.69, 9.17) is 18.3 Å². The zero-order chi connectivity index (χ0) is 18.8. The van der Waals surface area contributed by atoms with Crippen LogP contribution in [0.2, 0.25) is 0 Å². The first kappa shape index (κ1) is 16.6. The van der Waals surface area contributed by atoms with Gasteiger partial charge in [-0.1, -0.05) is 23.3 Å². The van der Waals surface area contributed by atoms with Crippen molar-refractivity contribution >= 4 is 22.9 Å². The summed E-state index contributed by atoms with van der Waals surface area (Å²) in [7, 11) is 3.11. The number of furan rings is 1. The number of carbonyl (C=O) groups excluding carboxylic acids is 1. The first-order valence-electron chi connectivity index (χ1n) is 8.04. The van der Waals surface area contributed by atoms with Crippen LogP contribution in [0.25, 0.3) is 22.4 Å². The van der Waals surface area contributed by atoms with Crippen LogP contribution in [0, 0.1) is 0 Å². The van der Waals surface area contributed by atoms with Crippen LogP contribution in [-0.2, 0) is 0 Å². The molecule has 0 atom stereocenters. The second-order valence-corrected chi connectivity index (χ2v) is 5.59. The van der Waals surface area contributed by atoms with Crippen molar-refractivity contribution in [3.63, 3.8) is 0 Å². The van der Waals surface area contributed by atoms with E-state index in [0.717, 1.165) is 5.39 Å². The fourth-order valence-corrected chi connectivity index (χ4v) is 2.61. The Labute approximate surface area is 153 Å². The Balaban J connectivity index is 1.56. The van der Waals surface area contributed by atoms with Crippen LogP contribution >= 0.6 is 0 Å². The summed E-state index contributed by atoms with van der Waals surface area (Å²) < 4.78 is 21.5. The molecule has 0 fully saturated rings. The van der Waals surface area contributed by atoms with Crippen LogP contribution in [0.4, 0.5) is 6.01 Å². The summed E-state index contributed by atoms with van der Waals surface area (Å²) in [4.78, 5) is 12.4. The van der Waals surface area contributed by atoms with Crippen molar-refractivity contribution in [3.05, 3.63) is 54.3 Å². The monoisotopic (exact) mass is 365 g/mol. The van der Waals surface area contributed by atoms with Crippen molar-refractivity contribution < 1.29 is 23.1 Å². The Kier molecular flexibility index (Phi) is 4.21. The molecule has 0 aliphatic carbocycles. The molecular weight excluding hydrogens is 350 g/mol. The molecular formula is C19H15N3O5. The van der Waals surface area contributed by atoms with Gasteiger partial charge in [-0.15, -0.1) is 5.10 Å². The van der Waals surface area contributed by atoms with Crippen LogP contribution in [-0.4, -0.2) is 30.3 Å². The number of ether oxygens (including phenoxy) is 2. The Bertz CT molecular complexity index is 1120. The van der Waals surface area contributed by atoms with Gasteiger partial charge in [-0.3, -0.25) is 10.1 Å². The number of methoxy groups -OCH3 is 2. The number of rotatable bonds is 5. The van der Waals surface area contributed by atoms with E-state index in [1.807, 2.05) is 12.1 Å². The zero-order valence-electron chi connectivity index (χ0n) is 14.6. The summed E-state index contributed by atoms with van der Waals surface area (Å²) in [6.07, 6.45) is 0. The summed E-state index contributed by atoms with van der Waals surface area (Å²) >= 11 is 0. The molecule has 2 aromatic heterocycles. The highest BCUT2D eigenvalue weighted by Gasteiger charge is 2.18. The number of fused-ring (bicyclic) bond motifs is 1. The Morgan fingerprint density at radius 3 is 2.67 bits per heavy atom. The van der Waals surface area contributed by atoms with E-state index in [9.17, 15) is 4.79 Å². The van der Waals surface area contributed by atoms with Crippen LogP contribution < -0.4 is 14.8 Å². The number of hydrogen-bond acceptors (Lipinski definition) is 7. The predicted octanol–water partition coefficient (Wildman–Crippen LogP) is 3.75. The van der Waals surface area contributed by atoms with Crippen molar-refractivity contribution in [2.24, 2.45) is 0 Å². The number of hydrogen-bond donors (Lipinski definition) is 1. The van der Waals surface area contributed by atoms with Gasteiger partial charge in [0.1, 0.15) is 5.75 Å². The van der Waals surface area contributed by atoms with E-state index < -0.39 is 5.91 Å². The molecule has 1 amide bonds. The van der Waals surface area contributed by atoms with E-state index in [1.165, 1.54) is 7.11 Å². The highest BCUT2D eigenvalue weighted by molar-refractivity contribution is 6.04. The largest absolute Gasteiger partial charge is 0.497 e. The molecule has 0 aliphatic rings. The SMILES string of the molecule is COc1cccc(-c2nnc(NC(=O)c3cc4cccc(OC)c4o3)o2)c1. The van der Waals surface area contributed by atoms with Crippen LogP contribution in [0.15, 0.2) is 57.4 Å². The fraction of sp³-hybridized carbons (Fsp3) is 0.105. The average molecular weight is 365 g/mol. The lowest BCUT2D eigenvalue weighted by Crippen LogP contribution is -2.10. The van der Waals surface area contributed by atoms with E-state index in [2.05, 4.69) is 15.5 Å². The minimum Gasteiger partial charge on any atom is -0.497 e. The number of nitrogens with zero attached hydrogens (tertiary/aromatic N) is 2. The molecule has 0 saturated carbocycles. The Hall–Kier alpha value is -3.81. The summed E-state index contributed by atoms with van der Waals surface area (Å²) in [5, 5.41) is 11.1. The standard InChI is InChI=1S/C19H15N3O5/c1-24-13-7-3-6-12(9-13)18-21-22-19(27-18)20-17(23)15-10-11-5-4-8-14(25-2)16(11)26-15/h3-10H,1-2H3,(H,20,22,23). The summed E-state index contributed by atoms with van der Waals surface area (Å²) in [5.41, 5.74) is 1.17. The normalized spacial score (nSPS) is 10.7. The minimum absolute atomic E-state index is 0.0368. The Morgan fingerprint density at radius 2 is 1.85 bits per heavy atom. The van der Waals surface area contributed by atoms with Gasteiger partial charge in [-0.2, -0.15) is 0 Å². The third-order valence-corrected chi connectivity index (χ3v) is 3.91. The highest BCUT2D eigenvalue weighted by atomic mass is 16.5.